The number of carbonyl (C=O) groups excluding carboxylic acids is 2. The molecule has 1 rings (SSSR count). The summed E-state index contributed by atoms with van der Waals surface area (Å²) >= 11 is 0. The van der Waals surface area contributed by atoms with E-state index in [9.17, 15) is 18.0 Å². The van der Waals surface area contributed by atoms with Crippen molar-refractivity contribution in [1.29, 1.82) is 0 Å². The highest BCUT2D eigenvalue weighted by atomic mass is 32.2. The Bertz CT molecular complexity index is 561. The summed E-state index contributed by atoms with van der Waals surface area (Å²) in [6.07, 6.45) is 5.05. The molecule has 0 aromatic rings. The van der Waals surface area contributed by atoms with Crippen molar-refractivity contribution in [2.75, 3.05) is 18.6 Å². The fraction of sp³-hybridized carbons (Fsp3) is 0.733. The average molecular weight is 347 g/mol. The second kappa shape index (κ2) is 7.81. The summed E-state index contributed by atoms with van der Waals surface area (Å²) in [6, 6.07) is -0.430. The number of sulfone groups is 1. The first-order valence-electron chi connectivity index (χ1n) is 7.47. The molecule has 0 saturated carbocycles. The molecule has 0 aliphatic heterocycles. The highest BCUT2D eigenvalue weighted by Gasteiger charge is 2.33. The molecule has 0 aromatic heterocycles. The van der Waals surface area contributed by atoms with Crippen molar-refractivity contribution in [3.05, 3.63) is 12.2 Å². The summed E-state index contributed by atoms with van der Waals surface area (Å²) in [5.41, 5.74) is -0.598. The Hall–Kier alpha value is -1.57. The Balaban J connectivity index is 2.56. The molecule has 0 unspecified atom stereocenters. The molecule has 7 nitrogen and oxygen atoms in total. The molecule has 0 aromatic carbocycles. The van der Waals surface area contributed by atoms with Crippen LogP contribution in [-0.2, 0) is 24.1 Å². The van der Waals surface area contributed by atoms with E-state index in [-0.39, 0.29) is 18.3 Å². The third kappa shape index (κ3) is 8.01. The monoisotopic (exact) mass is 347 g/mol. The van der Waals surface area contributed by atoms with Gasteiger partial charge >= 0.3 is 12.1 Å². The van der Waals surface area contributed by atoms with Gasteiger partial charge < -0.3 is 14.8 Å². The maximum atomic E-state index is 12.2. The predicted molar refractivity (Wildman–Crippen MR) is 85.7 cm³/mol. The highest BCUT2D eigenvalue weighted by Crippen LogP contribution is 2.23. The lowest BCUT2D eigenvalue weighted by Crippen LogP contribution is -2.46. The van der Waals surface area contributed by atoms with Gasteiger partial charge in [-0.2, -0.15) is 0 Å². The van der Waals surface area contributed by atoms with Crippen LogP contribution in [0.1, 0.15) is 33.6 Å². The van der Waals surface area contributed by atoms with E-state index in [1.165, 1.54) is 0 Å². The van der Waals surface area contributed by atoms with Gasteiger partial charge in [-0.05, 0) is 33.6 Å². The van der Waals surface area contributed by atoms with Gasteiger partial charge in [-0.1, -0.05) is 12.2 Å². The average Bonchev–Trinajstić information content (AvgIpc) is 2.35. The largest absolute Gasteiger partial charge is 0.460 e. The molecule has 1 aliphatic rings. The smallest absolute Gasteiger partial charge is 0.407 e. The number of ether oxygens (including phenoxy) is 2. The molecule has 0 fully saturated rings. The molecule has 0 heterocycles. The standard InChI is InChI=1S/C15H25NO6S/c1-15(2,3)22-13(17)11-7-5-6-8-12(11)16-14(18)21-9-10-23(4,19)20/h5-6,11-12H,7-10H2,1-4H3,(H,16,18)/t11-,12+/m0/s1. The van der Waals surface area contributed by atoms with Gasteiger partial charge in [0.25, 0.3) is 0 Å². The predicted octanol–water partition coefficient (Wildman–Crippen LogP) is 1.43. The summed E-state index contributed by atoms with van der Waals surface area (Å²) in [7, 11) is -3.19. The number of allylic oxidation sites excluding steroid dienone is 1. The Morgan fingerprint density at radius 1 is 1.22 bits per heavy atom. The number of nitrogens with one attached hydrogen (secondary N) is 1. The minimum atomic E-state index is -3.19. The van der Waals surface area contributed by atoms with Crippen molar-refractivity contribution in [2.45, 2.75) is 45.3 Å². The number of hydrogen-bond acceptors (Lipinski definition) is 6. The minimum absolute atomic E-state index is 0.218. The number of rotatable bonds is 5. The fourth-order valence-electron chi connectivity index (χ4n) is 2.09. The van der Waals surface area contributed by atoms with Gasteiger partial charge in [0.05, 0.1) is 11.7 Å². The number of esters is 1. The van der Waals surface area contributed by atoms with Crippen molar-refractivity contribution in [2.24, 2.45) is 5.92 Å². The van der Waals surface area contributed by atoms with Crippen LogP contribution in [0.4, 0.5) is 4.79 Å². The van der Waals surface area contributed by atoms with Gasteiger partial charge in [0.15, 0.2) is 9.84 Å². The summed E-state index contributed by atoms with van der Waals surface area (Å²) in [6.45, 7) is 5.13. The van der Waals surface area contributed by atoms with Crippen molar-refractivity contribution in [3.8, 4) is 0 Å². The van der Waals surface area contributed by atoms with Crippen LogP contribution in [0.25, 0.3) is 0 Å². The van der Waals surface area contributed by atoms with E-state index in [0.717, 1.165) is 6.26 Å². The number of amides is 1. The quantitative estimate of drug-likeness (QED) is 0.597. The number of alkyl carbamates (subject to hydrolysis) is 1. The SMILES string of the molecule is CC(C)(C)OC(=O)[C@H]1CC=CC[C@H]1NC(=O)OCCS(C)(=O)=O. The Labute approximate surface area is 137 Å². The summed E-state index contributed by atoms with van der Waals surface area (Å²) in [5.74, 6) is -1.09. The minimum Gasteiger partial charge on any atom is -0.460 e. The van der Waals surface area contributed by atoms with E-state index in [1.807, 2.05) is 12.2 Å². The molecule has 8 heteroatoms. The lowest BCUT2D eigenvalue weighted by molar-refractivity contribution is -0.161. The van der Waals surface area contributed by atoms with Crippen LogP contribution in [0.2, 0.25) is 0 Å². The molecule has 1 aliphatic carbocycles. The van der Waals surface area contributed by atoms with Gasteiger partial charge in [0, 0.05) is 12.3 Å². The normalized spacial score (nSPS) is 21.6. The molecular weight excluding hydrogens is 322 g/mol. The molecule has 0 spiro atoms. The third-order valence-corrected chi connectivity index (χ3v) is 4.04. The Morgan fingerprint density at radius 2 is 1.83 bits per heavy atom. The number of carbonyl (C=O) groups is 2. The van der Waals surface area contributed by atoms with Crippen LogP contribution in [0.3, 0.4) is 0 Å². The molecule has 2 atom stereocenters. The van der Waals surface area contributed by atoms with Crippen LogP contribution in [0.5, 0.6) is 0 Å². The van der Waals surface area contributed by atoms with Crippen LogP contribution < -0.4 is 5.32 Å². The van der Waals surface area contributed by atoms with Crippen LogP contribution >= 0.6 is 0 Å². The lowest BCUT2D eigenvalue weighted by Gasteiger charge is -2.30. The lowest BCUT2D eigenvalue weighted by atomic mass is 9.89. The summed E-state index contributed by atoms with van der Waals surface area (Å²) in [4.78, 5) is 24.0. The first kappa shape index (κ1) is 19.5. The molecule has 0 radical (unpaired) electrons. The first-order valence-corrected chi connectivity index (χ1v) is 9.53. The van der Waals surface area contributed by atoms with E-state index in [4.69, 9.17) is 9.47 Å². The molecular formula is C15H25NO6S. The van der Waals surface area contributed by atoms with Crippen LogP contribution in [0.15, 0.2) is 12.2 Å². The maximum absolute atomic E-state index is 12.2. The summed E-state index contributed by atoms with van der Waals surface area (Å²) < 4.78 is 32.2. The third-order valence-electron chi connectivity index (χ3n) is 3.13. The fourth-order valence-corrected chi connectivity index (χ4v) is 2.48. The van der Waals surface area contributed by atoms with Gasteiger partial charge in [0.2, 0.25) is 0 Å². The molecule has 0 saturated heterocycles. The van der Waals surface area contributed by atoms with Crippen molar-refractivity contribution in [3.63, 3.8) is 0 Å². The highest BCUT2D eigenvalue weighted by molar-refractivity contribution is 7.90. The van der Waals surface area contributed by atoms with E-state index < -0.39 is 33.5 Å². The molecule has 0 bridgehead atoms. The summed E-state index contributed by atoms with van der Waals surface area (Å²) in [5, 5.41) is 2.61. The maximum Gasteiger partial charge on any atom is 0.407 e. The van der Waals surface area contributed by atoms with E-state index in [2.05, 4.69) is 5.32 Å². The first-order chi connectivity index (χ1) is 10.5. The Morgan fingerprint density at radius 3 is 2.39 bits per heavy atom. The van der Waals surface area contributed by atoms with Crippen LogP contribution in [-0.4, -0.2) is 50.7 Å². The van der Waals surface area contributed by atoms with E-state index >= 15 is 0 Å². The van der Waals surface area contributed by atoms with E-state index in [1.54, 1.807) is 20.8 Å². The zero-order valence-corrected chi connectivity index (χ0v) is 14.8. The zero-order valence-electron chi connectivity index (χ0n) is 14.0. The van der Waals surface area contributed by atoms with Gasteiger partial charge in [0.1, 0.15) is 12.2 Å². The molecule has 23 heavy (non-hydrogen) atoms. The molecule has 1 N–H and O–H groups in total. The Kier molecular flexibility index (Phi) is 6.61. The van der Waals surface area contributed by atoms with Crippen molar-refractivity contribution >= 4 is 21.9 Å². The zero-order chi connectivity index (χ0) is 17.7. The van der Waals surface area contributed by atoms with Crippen molar-refractivity contribution < 1.29 is 27.5 Å². The van der Waals surface area contributed by atoms with Gasteiger partial charge in [-0.25, -0.2) is 13.2 Å². The second-order valence-electron chi connectivity index (χ2n) is 6.60. The van der Waals surface area contributed by atoms with Crippen molar-refractivity contribution in [1.82, 2.24) is 5.32 Å². The van der Waals surface area contributed by atoms with E-state index in [0.29, 0.717) is 12.8 Å². The second-order valence-corrected chi connectivity index (χ2v) is 8.86. The molecule has 1 amide bonds. The van der Waals surface area contributed by atoms with Gasteiger partial charge in [-0.3, -0.25) is 4.79 Å². The van der Waals surface area contributed by atoms with Gasteiger partial charge in [-0.15, -0.1) is 0 Å². The molecule has 132 valence electrons. The topological polar surface area (TPSA) is 98.8 Å². The number of hydrogen-bond donors (Lipinski definition) is 1. The van der Waals surface area contributed by atoms with Crippen LogP contribution in [0, 0.1) is 5.92 Å².